The third-order valence-corrected chi connectivity index (χ3v) is 5.43. The van der Waals surface area contributed by atoms with E-state index in [1.54, 1.807) is 36.9 Å². The summed E-state index contributed by atoms with van der Waals surface area (Å²) in [5.41, 5.74) is 3.30. The Morgan fingerprint density at radius 3 is 2.46 bits per heavy atom. The predicted molar refractivity (Wildman–Crippen MR) is 96.1 cm³/mol. The van der Waals surface area contributed by atoms with Gasteiger partial charge in [0.25, 0.3) is 5.56 Å². The molecule has 0 spiro atoms. The Hall–Kier alpha value is -2.34. The van der Waals surface area contributed by atoms with Gasteiger partial charge in [-0.1, -0.05) is 6.07 Å². The number of hydrogen-bond acceptors (Lipinski definition) is 3. The van der Waals surface area contributed by atoms with Crippen molar-refractivity contribution in [3.63, 3.8) is 0 Å². The molecule has 0 aliphatic rings. The quantitative estimate of drug-likeness (QED) is 0.734. The van der Waals surface area contributed by atoms with Gasteiger partial charge in [-0.2, -0.15) is 0 Å². The highest BCUT2D eigenvalue weighted by Gasteiger charge is 2.17. The maximum Gasteiger partial charge on any atom is 0.253 e. The fraction of sp³-hybridized carbons (Fsp3) is 0.278. The molecule has 5 nitrogen and oxygen atoms in total. The fourth-order valence-electron chi connectivity index (χ4n) is 3.18. The average molecular weight is 344 g/mol. The molecule has 3 rings (SSSR count). The first-order chi connectivity index (χ1) is 11.2. The van der Waals surface area contributed by atoms with Gasteiger partial charge in [0, 0.05) is 48.1 Å². The van der Waals surface area contributed by atoms with Crippen molar-refractivity contribution in [2.24, 2.45) is 7.05 Å². The van der Waals surface area contributed by atoms with E-state index in [2.05, 4.69) is 4.57 Å². The molecule has 0 amide bonds. The Morgan fingerprint density at radius 1 is 1.17 bits per heavy atom. The molecule has 0 unspecified atom stereocenters. The average Bonchev–Trinajstić information content (AvgIpc) is 2.89. The number of rotatable bonds is 3. The lowest BCUT2D eigenvalue weighted by molar-refractivity contribution is 0.602. The van der Waals surface area contributed by atoms with Crippen LogP contribution in [0.4, 0.5) is 0 Å². The van der Waals surface area contributed by atoms with E-state index in [1.165, 1.54) is 6.26 Å². The summed E-state index contributed by atoms with van der Waals surface area (Å²) >= 11 is 0. The van der Waals surface area contributed by atoms with E-state index in [-0.39, 0.29) is 5.56 Å². The van der Waals surface area contributed by atoms with Crippen molar-refractivity contribution < 1.29 is 8.42 Å². The molecule has 3 aromatic rings. The molecule has 6 heteroatoms. The molecule has 2 heterocycles. The Bertz CT molecular complexity index is 1080. The van der Waals surface area contributed by atoms with Crippen LogP contribution in [0.3, 0.4) is 0 Å². The lowest BCUT2D eigenvalue weighted by Crippen LogP contribution is -2.18. The van der Waals surface area contributed by atoms with Crippen LogP contribution < -0.4 is 5.56 Å². The second-order valence-electron chi connectivity index (χ2n) is 6.06. The molecule has 126 valence electrons. The SMILES string of the molecule is CCn1c(-c2cc(C)c(=O)n(C)c2)cc2c(S(C)(=O)=O)cccc21. The van der Waals surface area contributed by atoms with Gasteiger partial charge >= 0.3 is 0 Å². The molecule has 1 aromatic carbocycles. The van der Waals surface area contributed by atoms with Gasteiger partial charge in [-0.3, -0.25) is 4.79 Å². The van der Waals surface area contributed by atoms with Crippen LogP contribution in [0, 0.1) is 6.92 Å². The maximum atomic E-state index is 12.1. The molecule has 0 aliphatic heterocycles. The molecule has 0 N–H and O–H groups in total. The molecule has 0 aliphatic carbocycles. The molecular formula is C18H20N2O3S. The Balaban J connectivity index is 2.40. The summed E-state index contributed by atoms with van der Waals surface area (Å²) in [6.45, 7) is 4.51. The normalized spacial score (nSPS) is 12.0. The van der Waals surface area contributed by atoms with E-state index in [0.717, 1.165) is 16.8 Å². The number of sulfone groups is 1. The van der Waals surface area contributed by atoms with Crippen LogP contribution in [-0.2, 0) is 23.4 Å². The van der Waals surface area contributed by atoms with Crippen LogP contribution in [0.15, 0.2) is 46.2 Å². The summed E-state index contributed by atoms with van der Waals surface area (Å²) in [5.74, 6) is 0. The highest BCUT2D eigenvalue weighted by Crippen LogP contribution is 2.32. The number of fused-ring (bicyclic) bond motifs is 1. The first-order valence-electron chi connectivity index (χ1n) is 7.74. The Kier molecular flexibility index (Phi) is 3.87. The van der Waals surface area contributed by atoms with Gasteiger partial charge in [0.2, 0.25) is 0 Å². The maximum absolute atomic E-state index is 12.1. The number of nitrogens with zero attached hydrogens (tertiary/aromatic N) is 2. The largest absolute Gasteiger partial charge is 0.341 e. The second kappa shape index (κ2) is 5.63. The fourth-order valence-corrected chi connectivity index (χ4v) is 4.07. The van der Waals surface area contributed by atoms with Gasteiger partial charge in [0.15, 0.2) is 9.84 Å². The number of pyridine rings is 1. The molecule has 0 fully saturated rings. The molecule has 24 heavy (non-hydrogen) atoms. The lowest BCUT2D eigenvalue weighted by Gasteiger charge is -2.10. The molecule has 2 aromatic heterocycles. The van der Waals surface area contributed by atoms with E-state index in [1.807, 2.05) is 25.1 Å². The number of benzene rings is 1. The van der Waals surface area contributed by atoms with Crippen molar-refractivity contribution in [2.45, 2.75) is 25.3 Å². The summed E-state index contributed by atoms with van der Waals surface area (Å²) in [6, 6.07) is 9.07. The standard InChI is InChI=1S/C18H20N2O3S/c1-5-20-15-7-6-8-17(24(4,22)23)14(15)10-16(20)13-9-12(2)18(21)19(3)11-13/h6-11H,5H2,1-4H3. The zero-order valence-corrected chi connectivity index (χ0v) is 15.0. The molecule has 0 bridgehead atoms. The zero-order chi connectivity index (χ0) is 17.6. The van der Waals surface area contributed by atoms with Crippen LogP contribution in [0.5, 0.6) is 0 Å². The number of aromatic nitrogens is 2. The Labute approximate surface area is 141 Å². The third-order valence-electron chi connectivity index (χ3n) is 4.28. The molecule has 0 saturated heterocycles. The molecule has 0 radical (unpaired) electrons. The first-order valence-corrected chi connectivity index (χ1v) is 9.63. The highest BCUT2D eigenvalue weighted by atomic mass is 32.2. The topological polar surface area (TPSA) is 61.1 Å². The van der Waals surface area contributed by atoms with Crippen molar-refractivity contribution in [1.82, 2.24) is 9.13 Å². The summed E-state index contributed by atoms with van der Waals surface area (Å²) in [6.07, 6.45) is 3.01. The van der Waals surface area contributed by atoms with Gasteiger partial charge in [-0.15, -0.1) is 0 Å². The van der Waals surface area contributed by atoms with E-state index in [9.17, 15) is 13.2 Å². The van der Waals surface area contributed by atoms with Crippen molar-refractivity contribution in [3.05, 3.63) is 52.4 Å². The highest BCUT2D eigenvalue weighted by molar-refractivity contribution is 7.91. The van der Waals surface area contributed by atoms with E-state index < -0.39 is 9.84 Å². The van der Waals surface area contributed by atoms with Crippen LogP contribution in [0.2, 0.25) is 0 Å². The minimum atomic E-state index is -3.31. The number of hydrogen-bond donors (Lipinski definition) is 0. The summed E-state index contributed by atoms with van der Waals surface area (Å²) in [4.78, 5) is 12.3. The first kappa shape index (κ1) is 16.5. The summed E-state index contributed by atoms with van der Waals surface area (Å²) < 4.78 is 27.8. The minimum absolute atomic E-state index is 0.0327. The van der Waals surface area contributed by atoms with E-state index in [0.29, 0.717) is 22.4 Å². The summed E-state index contributed by atoms with van der Waals surface area (Å²) in [7, 11) is -1.59. The van der Waals surface area contributed by atoms with E-state index in [4.69, 9.17) is 0 Å². The lowest BCUT2D eigenvalue weighted by atomic mass is 10.1. The second-order valence-corrected chi connectivity index (χ2v) is 8.05. The van der Waals surface area contributed by atoms with E-state index >= 15 is 0 Å². The van der Waals surface area contributed by atoms with Gasteiger partial charge in [0.05, 0.1) is 10.6 Å². The van der Waals surface area contributed by atoms with Crippen molar-refractivity contribution in [2.75, 3.05) is 6.26 Å². The van der Waals surface area contributed by atoms with Gasteiger partial charge in [-0.05, 0) is 38.1 Å². The molecule has 0 saturated carbocycles. The van der Waals surface area contributed by atoms with Crippen LogP contribution in [0.25, 0.3) is 22.2 Å². The third kappa shape index (κ3) is 2.57. The van der Waals surface area contributed by atoms with Gasteiger partial charge < -0.3 is 9.13 Å². The van der Waals surface area contributed by atoms with Crippen LogP contribution in [0.1, 0.15) is 12.5 Å². The minimum Gasteiger partial charge on any atom is -0.341 e. The van der Waals surface area contributed by atoms with Crippen molar-refractivity contribution in [1.29, 1.82) is 0 Å². The molecular weight excluding hydrogens is 324 g/mol. The molecule has 0 atom stereocenters. The van der Waals surface area contributed by atoms with Crippen molar-refractivity contribution in [3.8, 4) is 11.3 Å². The van der Waals surface area contributed by atoms with Gasteiger partial charge in [0.1, 0.15) is 0 Å². The monoisotopic (exact) mass is 344 g/mol. The van der Waals surface area contributed by atoms with Crippen LogP contribution in [-0.4, -0.2) is 23.8 Å². The zero-order valence-electron chi connectivity index (χ0n) is 14.2. The smallest absolute Gasteiger partial charge is 0.253 e. The van der Waals surface area contributed by atoms with Gasteiger partial charge in [-0.25, -0.2) is 8.42 Å². The summed E-state index contributed by atoms with van der Waals surface area (Å²) in [5, 5.41) is 0.711. The van der Waals surface area contributed by atoms with Crippen molar-refractivity contribution >= 4 is 20.7 Å². The predicted octanol–water partition coefficient (Wildman–Crippen LogP) is 2.74. The Morgan fingerprint density at radius 2 is 1.88 bits per heavy atom. The number of aryl methyl sites for hydroxylation is 3. The van der Waals surface area contributed by atoms with Crippen LogP contribution >= 0.6 is 0 Å².